The van der Waals surface area contributed by atoms with E-state index < -0.39 is 5.97 Å². The number of benzene rings is 3. The lowest BCUT2D eigenvalue weighted by Crippen LogP contribution is -2.02. The zero-order valence-corrected chi connectivity index (χ0v) is 21.8. The summed E-state index contributed by atoms with van der Waals surface area (Å²) < 4.78 is 12.0. The summed E-state index contributed by atoms with van der Waals surface area (Å²) >= 11 is 12.9. The number of carbonyl (C=O) groups is 1. The van der Waals surface area contributed by atoms with Crippen LogP contribution >= 0.6 is 23.2 Å². The molecule has 4 aromatic carbocycles. The van der Waals surface area contributed by atoms with E-state index >= 15 is 0 Å². The van der Waals surface area contributed by atoms with Crippen LogP contribution < -0.4 is 10.2 Å². The molecule has 1 heterocycles. The van der Waals surface area contributed by atoms with Crippen LogP contribution in [0.15, 0.2) is 70.0 Å². The first-order valence-corrected chi connectivity index (χ1v) is 12.9. The fraction of sp³-hybridized carbons (Fsp3) is 0.167. The lowest BCUT2D eigenvalue weighted by atomic mass is 10.0. The lowest BCUT2D eigenvalue weighted by molar-refractivity contribution is 0.0697. The molecule has 38 heavy (non-hydrogen) atoms. The molecule has 1 saturated carbocycles. The highest BCUT2D eigenvalue weighted by molar-refractivity contribution is 6.39. The van der Waals surface area contributed by atoms with Gasteiger partial charge in [-0.15, -0.1) is 0 Å². The number of carboxylic acids is 1. The van der Waals surface area contributed by atoms with Crippen molar-refractivity contribution < 1.29 is 19.2 Å². The number of hydrogen-bond acceptors (Lipinski definition) is 5. The van der Waals surface area contributed by atoms with E-state index in [2.05, 4.69) is 5.16 Å². The van der Waals surface area contributed by atoms with Gasteiger partial charge in [0.25, 0.3) is 0 Å². The molecule has 6 nitrogen and oxygen atoms in total. The van der Waals surface area contributed by atoms with Crippen molar-refractivity contribution in [2.75, 3.05) is 0 Å². The molecular formula is C30H21Cl2NO5. The second-order valence-electron chi connectivity index (χ2n) is 9.50. The number of nitrogens with zero attached hydrogens (tertiary/aromatic N) is 1. The summed E-state index contributed by atoms with van der Waals surface area (Å²) in [6.07, 6.45) is 2.04. The molecule has 0 saturated heterocycles. The number of rotatable bonds is 6. The lowest BCUT2D eigenvalue weighted by Gasteiger charge is -2.10. The first-order valence-electron chi connectivity index (χ1n) is 12.1. The number of halogens is 2. The number of fused-ring (bicyclic) bond motifs is 2. The van der Waals surface area contributed by atoms with Crippen molar-refractivity contribution in [1.82, 2.24) is 5.16 Å². The Balaban J connectivity index is 1.41. The van der Waals surface area contributed by atoms with Crippen molar-refractivity contribution in [3.05, 3.63) is 103 Å². The van der Waals surface area contributed by atoms with Crippen LogP contribution in [0.4, 0.5) is 0 Å². The molecule has 8 heteroatoms. The second kappa shape index (κ2) is 9.46. The fourth-order valence-corrected chi connectivity index (χ4v) is 5.40. The van der Waals surface area contributed by atoms with Gasteiger partial charge in [-0.3, -0.25) is 4.79 Å². The molecule has 0 bridgehead atoms. The van der Waals surface area contributed by atoms with Crippen molar-refractivity contribution >= 4 is 50.7 Å². The molecule has 1 aromatic heterocycles. The van der Waals surface area contributed by atoms with Gasteiger partial charge >= 0.3 is 5.97 Å². The Morgan fingerprint density at radius 1 is 1.03 bits per heavy atom. The highest BCUT2D eigenvalue weighted by Crippen LogP contribution is 2.46. The molecule has 0 atom stereocenters. The van der Waals surface area contributed by atoms with E-state index in [1.165, 1.54) is 12.1 Å². The SMILES string of the molecule is Cc1cc2cc(C(=O)O)ccc2c(=O)c2ccc(OCc3c(-c4c(Cl)cccc4Cl)noc3C3CC3)cc12. The van der Waals surface area contributed by atoms with Gasteiger partial charge in [0, 0.05) is 22.3 Å². The van der Waals surface area contributed by atoms with Gasteiger partial charge in [0.05, 0.1) is 21.2 Å². The normalized spacial score (nSPS) is 13.2. The molecule has 6 rings (SSSR count). The van der Waals surface area contributed by atoms with Gasteiger partial charge in [-0.05, 0) is 84.6 Å². The van der Waals surface area contributed by atoms with Gasteiger partial charge in [-0.1, -0.05) is 40.5 Å². The molecule has 1 aliphatic carbocycles. The third kappa shape index (κ3) is 4.30. The van der Waals surface area contributed by atoms with Gasteiger partial charge < -0.3 is 14.4 Å². The Bertz CT molecular complexity index is 1800. The fourth-order valence-electron chi connectivity index (χ4n) is 4.82. The number of aryl methyl sites for hydroxylation is 1. The second-order valence-corrected chi connectivity index (χ2v) is 10.3. The van der Waals surface area contributed by atoms with Crippen LogP contribution in [0.1, 0.15) is 46.0 Å². The zero-order chi connectivity index (χ0) is 26.6. The minimum atomic E-state index is -1.04. The number of hydrogen-bond donors (Lipinski definition) is 1. The van der Waals surface area contributed by atoms with E-state index in [0.29, 0.717) is 49.1 Å². The van der Waals surface area contributed by atoms with Crippen molar-refractivity contribution in [2.45, 2.75) is 32.3 Å². The molecule has 0 amide bonds. The summed E-state index contributed by atoms with van der Waals surface area (Å²) in [6.45, 7) is 2.07. The Labute approximate surface area is 227 Å². The first-order chi connectivity index (χ1) is 18.3. The molecule has 0 aliphatic heterocycles. The van der Waals surface area contributed by atoms with Crippen molar-refractivity contribution in [2.24, 2.45) is 0 Å². The van der Waals surface area contributed by atoms with E-state index in [9.17, 15) is 14.7 Å². The third-order valence-electron chi connectivity index (χ3n) is 6.93. The molecule has 1 N–H and O–H groups in total. The monoisotopic (exact) mass is 545 g/mol. The van der Waals surface area contributed by atoms with E-state index in [0.717, 1.165) is 35.1 Å². The van der Waals surface area contributed by atoms with Gasteiger partial charge in [0.1, 0.15) is 23.8 Å². The van der Waals surface area contributed by atoms with Crippen LogP contribution in [-0.4, -0.2) is 16.2 Å². The Morgan fingerprint density at radius 2 is 1.76 bits per heavy atom. The molecule has 0 radical (unpaired) electrons. The summed E-state index contributed by atoms with van der Waals surface area (Å²) in [6, 6.07) is 17.0. The maximum absolute atomic E-state index is 13.3. The predicted molar refractivity (Wildman–Crippen MR) is 148 cm³/mol. The molecule has 0 spiro atoms. The molecular weight excluding hydrogens is 525 g/mol. The smallest absolute Gasteiger partial charge is 0.335 e. The van der Waals surface area contributed by atoms with Crippen LogP contribution in [0.5, 0.6) is 5.75 Å². The number of aromatic carboxylic acids is 1. The van der Waals surface area contributed by atoms with Crippen LogP contribution in [0, 0.1) is 6.92 Å². The minimum absolute atomic E-state index is 0.130. The first kappa shape index (κ1) is 24.5. The van der Waals surface area contributed by atoms with E-state index in [1.807, 2.05) is 19.1 Å². The van der Waals surface area contributed by atoms with Gasteiger partial charge in [-0.25, -0.2) is 4.79 Å². The Hall–Kier alpha value is -3.87. The molecule has 190 valence electrons. The van der Waals surface area contributed by atoms with Gasteiger partial charge in [-0.2, -0.15) is 0 Å². The van der Waals surface area contributed by atoms with Crippen LogP contribution in [0.2, 0.25) is 10.0 Å². The summed E-state index contributed by atoms with van der Waals surface area (Å²) in [5.41, 5.74) is 2.76. The number of aromatic nitrogens is 1. The molecule has 1 fully saturated rings. The van der Waals surface area contributed by atoms with Crippen molar-refractivity contribution in [3.63, 3.8) is 0 Å². The Kier molecular flexibility index (Phi) is 6.09. The minimum Gasteiger partial charge on any atom is -0.489 e. The summed E-state index contributed by atoms with van der Waals surface area (Å²) in [4.78, 5) is 24.8. The standard InChI is InChI=1S/C30H21Cl2NO5/c1-15-11-18-12-17(30(35)36)7-9-20(18)28(34)21-10-8-19(13-22(15)21)37-14-23-27(33-38-29(23)16-5-6-16)26-24(31)3-2-4-25(26)32/h2-4,7-13,16H,5-6,14H2,1H3,(H,35,36). The maximum atomic E-state index is 13.3. The van der Waals surface area contributed by atoms with E-state index in [-0.39, 0.29) is 17.6 Å². The van der Waals surface area contributed by atoms with Gasteiger partial charge in [0.2, 0.25) is 0 Å². The molecule has 1 aliphatic rings. The number of carboxylic acid groups (broad SMARTS) is 1. The zero-order valence-electron chi connectivity index (χ0n) is 20.3. The Morgan fingerprint density at radius 3 is 2.47 bits per heavy atom. The average molecular weight is 546 g/mol. The molecule has 0 unspecified atom stereocenters. The summed E-state index contributed by atoms with van der Waals surface area (Å²) in [5.74, 6) is 0.600. The topological polar surface area (TPSA) is 89.6 Å². The van der Waals surface area contributed by atoms with Crippen molar-refractivity contribution in [3.8, 4) is 17.0 Å². The average Bonchev–Trinajstić information content (AvgIpc) is 3.67. The van der Waals surface area contributed by atoms with Crippen molar-refractivity contribution in [1.29, 1.82) is 0 Å². The van der Waals surface area contributed by atoms with Crippen LogP contribution in [0.25, 0.3) is 32.8 Å². The van der Waals surface area contributed by atoms with Gasteiger partial charge in [0.15, 0.2) is 5.43 Å². The third-order valence-corrected chi connectivity index (χ3v) is 7.56. The maximum Gasteiger partial charge on any atom is 0.335 e. The van der Waals surface area contributed by atoms with Crippen LogP contribution in [0.3, 0.4) is 0 Å². The van der Waals surface area contributed by atoms with Crippen LogP contribution in [-0.2, 0) is 6.61 Å². The largest absolute Gasteiger partial charge is 0.489 e. The van der Waals surface area contributed by atoms with E-state index in [4.69, 9.17) is 32.5 Å². The highest BCUT2D eigenvalue weighted by atomic mass is 35.5. The number of ether oxygens (including phenoxy) is 1. The van der Waals surface area contributed by atoms with E-state index in [1.54, 1.807) is 36.4 Å². The summed E-state index contributed by atoms with van der Waals surface area (Å²) in [7, 11) is 0. The molecule has 5 aromatic rings. The quantitative estimate of drug-likeness (QED) is 0.234. The predicted octanol–water partition coefficient (Wildman–Crippen LogP) is 7.78. The highest BCUT2D eigenvalue weighted by Gasteiger charge is 2.33. The summed E-state index contributed by atoms with van der Waals surface area (Å²) in [5, 5.41) is 16.9.